The van der Waals surface area contributed by atoms with E-state index in [1.54, 1.807) is 32.9 Å². The van der Waals surface area contributed by atoms with Gasteiger partial charge in [-0.3, -0.25) is 9.59 Å². The summed E-state index contributed by atoms with van der Waals surface area (Å²) < 4.78 is 5.32. The molecular formula is C25H41N3O5S. The van der Waals surface area contributed by atoms with Crippen LogP contribution >= 0.6 is 12.6 Å². The Balaban J connectivity index is 3.48. The summed E-state index contributed by atoms with van der Waals surface area (Å²) in [5, 5.41) is 15.6. The molecule has 0 bridgehead atoms. The molecule has 0 aliphatic carbocycles. The molecule has 0 fully saturated rings. The zero-order chi connectivity index (χ0) is 26.1. The zero-order valence-corrected chi connectivity index (χ0v) is 22.4. The van der Waals surface area contributed by atoms with E-state index in [0.717, 1.165) is 12.8 Å². The number of phenols is 1. The van der Waals surface area contributed by atoms with Crippen LogP contribution in [0.1, 0.15) is 79.3 Å². The van der Waals surface area contributed by atoms with Crippen molar-refractivity contribution in [1.82, 2.24) is 15.5 Å². The number of nitrogens with one attached hydrogen (secondary N) is 2. The van der Waals surface area contributed by atoms with Crippen molar-refractivity contribution >= 4 is 30.5 Å². The molecule has 8 nitrogen and oxygen atoms in total. The minimum absolute atomic E-state index is 0.0109. The molecule has 0 radical (unpaired) electrons. The van der Waals surface area contributed by atoms with Gasteiger partial charge >= 0.3 is 6.09 Å². The first-order chi connectivity index (χ1) is 15.8. The molecule has 3 amide bonds. The lowest BCUT2D eigenvalue weighted by atomic mass is 9.92. The Hall–Kier alpha value is -2.42. The number of aromatic hydroxyl groups is 1. The summed E-state index contributed by atoms with van der Waals surface area (Å²) in [7, 11) is 0. The fraction of sp³-hybridized carbons (Fsp3) is 0.640. The number of amides is 3. The van der Waals surface area contributed by atoms with Crippen molar-refractivity contribution in [3.63, 3.8) is 0 Å². The van der Waals surface area contributed by atoms with E-state index in [1.807, 2.05) is 27.7 Å². The molecule has 2 atom stereocenters. The van der Waals surface area contributed by atoms with Gasteiger partial charge in [0.05, 0.1) is 0 Å². The van der Waals surface area contributed by atoms with E-state index < -0.39 is 35.2 Å². The summed E-state index contributed by atoms with van der Waals surface area (Å²) in [5.41, 5.74) is -1.02. The summed E-state index contributed by atoms with van der Waals surface area (Å²) >= 11 is 4.30. The number of hydrogen-bond donors (Lipinski definition) is 4. The smallest absolute Gasteiger partial charge is 0.408 e. The van der Waals surface area contributed by atoms with Crippen molar-refractivity contribution in [2.75, 3.05) is 12.3 Å². The van der Waals surface area contributed by atoms with Crippen LogP contribution < -0.4 is 10.6 Å². The third-order valence-electron chi connectivity index (χ3n) is 5.45. The Morgan fingerprint density at radius 1 is 1.15 bits per heavy atom. The molecule has 34 heavy (non-hydrogen) atoms. The minimum atomic E-state index is -1.02. The number of ether oxygens (including phenoxy) is 1. The van der Waals surface area contributed by atoms with E-state index in [0.29, 0.717) is 18.5 Å². The molecule has 1 aromatic rings. The van der Waals surface area contributed by atoms with Crippen molar-refractivity contribution in [3.8, 4) is 5.75 Å². The van der Waals surface area contributed by atoms with Crippen LogP contribution in [0.2, 0.25) is 0 Å². The molecule has 0 heterocycles. The van der Waals surface area contributed by atoms with Crippen molar-refractivity contribution in [1.29, 1.82) is 0 Å². The maximum Gasteiger partial charge on any atom is 0.408 e. The number of alkyl carbamates (subject to hydrolysis) is 1. The molecule has 0 aliphatic rings. The SMILES string of the molecule is CCCCNC(=O)C(c1cccc(O)c1)N(C(=O)C(CS)NC(=O)OC(C)(C)C)C(C)(C)CC. The third-order valence-corrected chi connectivity index (χ3v) is 5.81. The number of benzene rings is 1. The second-order valence-electron chi connectivity index (χ2n) is 9.90. The topological polar surface area (TPSA) is 108 Å². The lowest BCUT2D eigenvalue weighted by Gasteiger charge is -2.44. The van der Waals surface area contributed by atoms with Gasteiger partial charge in [0, 0.05) is 17.8 Å². The summed E-state index contributed by atoms with van der Waals surface area (Å²) in [5.74, 6) is -0.822. The van der Waals surface area contributed by atoms with Crippen LogP contribution in [0.3, 0.4) is 0 Å². The van der Waals surface area contributed by atoms with Crippen molar-refractivity contribution in [2.45, 2.75) is 91.0 Å². The highest BCUT2D eigenvalue weighted by Crippen LogP contribution is 2.33. The van der Waals surface area contributed by atoms with Gasteiger partial charge in [-0.15, -0.1) is 0 Å². The Kier molecular flexibility index (Phi) is 11.2. The average molecular weight is 496 g/mol. The van der Waals surface area contributed by atoms with Gasteiger partial charge in [-0.1, -0.05) is 32.4 Å². The fourth-order valence-corrected chi connectivity index (χ4v) is 3.59. The molecular weight excluding hydrogens is 454 g/mol. The molecule has 0 saturated carbocycles. The van der Waals surface area contributed by atoms with Crippen LogP contribution in [0, 0.1) is 0 Å². The largest absolute Gasteiger partial charge is 0.508 e. The molecule has 1 rings (SSSR count). The summed E-state index contributed by atoms with van der Waals surface area (Å²) in [4.78, 5) is 41.2. The van der Waals surface area contributed by atoms with Gasteiger partial charge in [0.15, 0.2) is 0 Å². The van der Waals surface area contributed by atoms with E-state index in [-0.39, 0.29) is 17.4 Å². The maximum atomic E-state index is 13.9. The first-order valence-corrected chi connectivity index (χ1v) is 12.4. The Labute approximate surface area is 209 Å². The molecule has 0 aliphatic heterocycles. The highest BCUT2D eigenvalue weighted by molar-refractivity contribution is 7.80. The number of thiol groups is 1. The standard InChI is InChI=1S/C25H41N3O5S/c1-8-10-14-26-21(30)20(17-12-11-13-18(29)15-17)28(25(6,7)9-2)22(31)19(16-34)27-23(32)33-24(3,4)5/h11-13,15,19-20,29,34H,8-10,14,16H2,1-7H3,(H,26,30)(H,27,32). The number of hydrogen-bond acceptors (Lipinski definition) is 6. The Bertz CT molecular complexity index is 838. The zero-order valence-electron chi connectivity index (χ0n) is 21.5. The van der Waals surface area contributed by atoms with Crippen LogP contribution in [-0.4, -0.2) is 57.4 Å². The van der Waals surface area contributed by atoms with E-state index >= 15 is 0 Å². The van der Waals surface area contributed by atoms with Gasteiger partial charge < -0.3 is 25.4 Å². The quantitative estimate of drug-likeness (QED) is 0.272. The van der Waals surface area contributed by atoms with Crippen LogP contribution in [0.25, 0.3) is 0 Å². The number of nitrogens with zero attached hydrogens (tertiary/aromatic N) is 1. The Morgan fingerprint density at radius 3 is 2.29 bits per heavy atom. The van der Waals surface area contributed by atoms with E-state index in [1.165, 1.54) is 17.0 Å². The molecule has 1 aromatic carbocycles. The number of unbranched alkanes of at least 4 members (excludes halogenated alkanes) is 1. The van der Waals surface area contributed by atoms with Crippen LogP contribution in [0.4, 0.5) is 4.79 Å². The van der Waals surface area contributed by atoms with Gasteiger partial charge in [0.25, 0.3) is 0 Å². The summed E-state index contributed by atoms with van der Waals surface area (Å²) in [6.07, 6.45) is 1.50. The number of phenolic OH excluding ortho intramolecular Hbond substituents is 1. The van der Waals surface area contributed by atoms with Crippen LogP contribution in [0.5, 0.6) is 5.75 Å². The minimum Gasteiger partial charge on any atom is -0.508 e. The molecule has 192 valence electrons. The molecule has 0 aromatic heterocycles. The van der Waals surface area contributed by atoms with Crippen LogP contribution in [-0.2, 0) is 14.3 Å². The first-order valence-electron chi connectivity index (χ1n) is 11.8. The highest BCUT2D eigenvalue weighted by Gasteiger charge is 2.42. The molecule has 3 N–H and O–H groups in total. The maximum absolute atomic E-state index is 13.9. The highest BCUT2D eigenvalue weighted by atomic mass is 32.1. The van der Waals surface area contributed by atoms with Gasteiger partial charge in [-0.05, 0) is 65.2 Å². The predicted octanol–water partition coefficient (Wildman–Crippen LogP) is 4.19. The Morgan fingerprint density at radius 2 is 1.79 bits per heavy atom. The summed E-state index contributed by atoms with van der Waals surface area (Å²) in [6, 6.07) is 4.28. The first kappa shape index (κ1) is 29.6. The monoisotopic (exact) mass is 495 g/mol. The third kappa shape index (κ3) is 8.74. The average Bonchev–Trinajstić information content (AvgIpc) is 2.73. The van der Waals surface area contributed by atoms with Crippen LogP contribution in [0.15, 0.2) is 24.3 Å². The van der Waals surface area contributed by atoms with Crippen molar-refractivity contribution < 1.29 is 24.2 Å². The van der Waals surface area contributed by atoms with Crippen molar-refractivity contribution in [2.24, 2.45) is 0 Å². The fourth-order valence-electron chi connectivity index (χ4n) is 3.35. The van der Waals surface area contributed by atoms with Gasteiger partial charge in [0.1, 0.15) is 23.4 Å². The molecule has 0 saturated heterocycles. The number of carbonyl (C=O) groups is 3. The summed E-state index contributed by atoms with van der Waals surface area (Å²) in [6.45, 7) is 13.3. The second-order valence-corrected chi connectivity index (χ2v) is 10.3. The van der Waals surface area contributed by atoms with E-state index in [4.69, 9.17) is 4.74 Å². The lowest BCUT2D eigenvalue weighted by Crippen LogP contribution is -2.59. The normalized spacial score (nSPS) is 13.5. The molecule has 2 unspecified atom stereocenters. The van der Waals surface area contributed by atoms with E-state index in [2.05, 4.69) is 23.3 Å². The lowest BCUT2D eigenvalue weighted by molar-refractivity contribution is -0.148. The second kappa shape index (κ2) is 12.9. The molecule has 9 heteroatoms. The predicted molar refractivity (Wildman–Crippen MR) is 137 cm³/mol. The van der Waals surface area contributed by atoms with Gasteiger partial charge in [-0.25, -0.2) is 4.79 Å². The van der Waals surface area contributed by atoms with Gasteiger partial charge in [-0.2, -0.15) is 12.6 Å². The van der Waals surface area contributed by atoms with Crippen molar-refractivity contribution in [3.05, 3.63) is 29.8 Å². The number of carbonyl (C=O) groups excluding carboxylic acids is 3. The van der Waals surface area contributed by atoms with E-state index in [9.17, 15) is 19.5 Å². The number of rotatable bonds is 11. The molecule has 0 spiro atoms. The van der Waals surface area contributed by atoms with Gasteiger partial charge in [0.2, 0.25) is 11.8 Å².